The first-order valence-corrected chi connectivity index (χ1v) is 8.31. The van der Waals surface area contributed by atoms with Gasteiger partial charge in [-0.2, -0.15) is 0 Å². The molecule has 0 fully saturated rings. The molecule has 1 amide bonds. The number of ether oxygens (including phenoxy) is 1. The number of para-hydroxylation sites is 1. The average molecular weight is 316 g/mol. The van der Waals surface area contributed by atoms with Gasteiger partial charge < -0.3 is 15.0 Å². The molecule has 1 N–H and O–H groups in total. The minimum absolute atomic E-state index is 0.0726. The summed E-state index contributed by atoms with van der Waals surface area (Å²) in [6, 6.07) is 12.9. The van der Waals surface area contributed by atoms with E-state index in [9.17, 15) is 4.79 Å². The molecule has 0 saturated heterocycles. The lowest BCUT2D eigenvalue weighted by atomic mass is 10.1. The number of nitrogens with zero attached hydrogens (tertiary/aromatic N) is 1. The van der Waals surface area contributed by atoms with Crippen molar-refractivity contribution in [1.29, 1.82) is 0 Å². The summed E-state index contributed by atoms with van der Waals surface area (Å²) < 4.78 is 4.89. The Hall–Kier alpha value is -1.85. The highest BCUT2D eigenvalue weighted by Crippen LogP contribution is 2.36. The van der Waals surface area contributed by atoms with Crippen molar-refractivity contribution in [1.82, 2.24) is 5.32 Å². The average Bonchev–Trinajstić information content (AvgIpc) is 3.18. The molecule has 1 aliphatic rings. The van der Waals surface area contributed by atoms with Gasteiger partial charge in [-0.15, -0.1) is 11.3 Å². The van der Waals surface area contributed by atoms with Crippen LogP contribution in [0.2, 0.25) is 0 Å². The van der Waals surface area contributed by atoms with E-state index in [0.29, 0.717) is 6.54 Å². The first-order valence-electron chi connectivity index (χ1n) is 7.43. The SMILES string of the molecule is COCC(=O)NC[C@@H](c1cccs1)N1CCc2ccccc21. The standard InChI is InChI=1S/C17H20N2O2S/c1-21-12-17(20)18-11-15(16-7-4-10-22-16)19-9-8-13-5-2-3-6-14(13)19/h2-7,10,15H,8-9,11-12H2,1H3,(H,18,20)/t15-/m0/s1. The van der Waals surface area contributed by atoms with E-state index in [1.54, 1.807) is 11.3 Å². The fraction of sp³-hybridized carbons (Fsp3) is 0.353. The van der Waals surface area contributed by atoms with Gasteiger partial charge in [0.2, 0.25) is 5.91 Å². The van der Waals surface area contributed by atoms with Gasteiger partial charge in [0.05, 0.1) is 6.04 Å². The van der Waals surface area contributed by atoms with Crippen molar-refractivity contribution in [2.24, 2.45) is 0 Å². The van der Waals surface area contributed by atoms with Crippen molar-refractivity contribution in [3.05, 3.63) is 52.2 Å². The van der Waals surface area contributed by atoms with Crippen LogP contribution >= 0.6 is 11.3 Å². The minimum atomic E-state index is -0.0726. The number of carbonyl (C=O) groups is 1. The molecule has 1 aliphatic heterocycles. The van der Waals surface area contributed by atoms with Gasteiger partial charge in [-0.3, -0.25) is 4.79 Å². The Morgan fingerprint density at radius 3 is 3.00 bits per heavy atom. The number of thiophene rings is 1. The van der Waals surface area contributed by atoms with Crippen LogP contribution in [-0.2, 0) is 16.0 Å². The van der Waals surface area contributed by atoms with E-state index in [0.717, 1.165) is 13.0 Å². The van der Waals surface area contributed by atoms with Crippen molar-refractivity contribution in [2.45, 2.75) is 12.5 Å². The third-order valence-electron chi connectivity index (χ3n) is 3.94. The molecule has 5 heteroatoms. The molecule has 4 nitrogen and oxygen atoms in total. The van der Waals surface area contributed by atoms with E-state index in [1.165, 1.54) is 23.2 Å². The highest BCUT2D eigenvalue weighted by Gasteiger charge is 2.27. The second kappa shape index (κ2) is 6.94. The molecule has 0 aliphatic carbocycles. The second-order valence-electron chi connectivity index (χ2n) is 5.34. The molecule has 2 aromatic rings. The zero-order valence-corrected chi connectivity index (χ0v) is 13.4. The van der Waals surface area contributed by atoms with Gasteiger partial charge in [-0.25, -0.2) is 0 Å². The summed E-state index contributed by atoms with van der Waals surface area (Å²) in [5, 5.41) is 5.07. The number of anilines is 1. The van der Waals surface area contributed by atoms with Gasteiger partial charge in [0, 0.05) is 30.8 Å². The molecule has 1 atom stereocenters. The Kier molecular flexibility index (Phi) is 4.75. The van der Waals surface area contributed by atoms with E-state index in [-0.39, 0.29) is 18.6 Å². The molecule has 0 radical (unpaired) electrons. The Morgan fingerprint density at radius 2 is 2.23 bits per heavy atom. The molecular weight excluding hydrogens is 296 g/mol. The topological polar surface area (TPSA) is 41.6 Å². The van der Waals surface area contributed by atoms with E-state index in [2.05, 4.69) is 52.0 Å². The third kappa shape index (κ3) is 3.15. The summed E-state index contributed by atoms with van der Waals surface area (Å²) in [6.07, 6.45) is 1.06. The molecular formula is C17H20N2O2S. The number of benzene rings is 1. The van der Waals surface area contributed by atoms with Crippen LogP contribution in [0.5, 0.6) is 0 Å². The van der Waals surface area contributed by atoms with E-state index >= 15 is 0 Å². The van der Waals surface area contributed by atoms with Crippen molar-refractivity contribution < 1.29 is 9.53 Å². The summed E-state index contributed by atoms with van der Waals surface area (Å²) in [6.45, 7) is 1.69. The van der Waals surface area contributed by atoms with Gasteiger partial charge >= 0.3 is 0 Å². The molecule has 1 aromatic carbocycles. The van der Waals surface area contributed by atoms with E-state index in [1.807, 2.05) is 0 Å². The molecule has 22 heavy (non-hydrogen) atoms. The maximum atomic E-state index is 11.7. The highest BCUT2D eigenvalue weighted by atomic mass is 32.1. The molecule has 0 unspecified atom stereocenters. The van der Waals surface area contributed by atoms with E-state index in [4.69, 9.17) is 4.74 Å². The molecule has 116 valence electrons. The predicted molar refractivity (Wildman–Crippen MR) is 89.4 cm³/mol. The maximum Gasteiger partial charge on any atom is 0.246 e. The highest BCUT2D eigenvalue weighted by molar-refractivity contribution is 7.10. The van der Waals surface area contributed by atoms with Crippen LogP contribution in [0.15, 0.2) is 41.8 Å². The van der Waals surface area contributed by atoms with Crippen LogP contribution in [-0.4, -0.2) is 32.7 Å². The van der Waals surface area contributed by atoms with Gasteiger partial charge in [0.25, 0.3) is 0 Å². The molecule has 2 heterocycles. The van der Waals surface area contributed by atoms with Crippen LogP contribution in [0.1, 0.15) is 16.5 Å². The Labute approximate surface area is 134 Å². The smallest absolute Gasteiger partial charge is 0.246 e. The Balaban J connectivity index is 1.80. The Morgan fingerprint density at radius 1 is 1.36 bits per heavy atom. The predicted octanol–water partition coefficient (Wildman–Crippen LogP) is 2.61. The molecule has 0 bridgehead atoms. The third-order valence-corrected chi connectivity index (χ3v) is 4.91. The van der Waals surface area contributed by atoms with E-state index < -0.39 is 0 Å². The van der Waals surface area contributed by atoms with Crippen molar-refractivity contribution >= 4 is 22.9 Å². The van der Waals surface area contributed by atoms with Crippen molar-refractivity contribution in [3.63, 3.8) is 0 Å². The monoisotopic (exact) mass is 316 g/mol. The number of rotatable bonds is 6. The van der Waals surface area contributed by atoms with Gasteiger partial charge in [0.15, 0.2) is 0 Å². The zero-order valence-electron chi connectivity index (χ0n) is 12.6. The number of hydrogen-bond acceptors (Lipinski definition) is 4. The van der Waals surface area contributed by atoms with Crippen molar-refractivity contribution in [3.8, 4) is 0 Å². The zero-order chi connectivity index (χ0) is 15.4. The summed E-state index contributed by atoms with van der Waals surface area (Å²) in [5.74, 6) is -0.0726. The number of carbonyl (C=O) groups excluding carboxylic acids is 1. The molecule has 1 aromatic heterocycles. The molecule has 3 rings (SSSR count). The number of hydrogen-bond donors (Lipinski definition) is 1. The number of nitrogens with one attached hydrogen (secondary N) is 1. The van der Waals surface area contributed by atoms with Crippen LogP contribution in [0.25, 0.3) is 0 Å². The van der Waals surface area contributed by atoms with Crippen molar-refractivity contribution in [2.75, 3.05) is 31.7 Å². The van der Waals surface area contributed by atoms with Gasteiger partial charge in [-0.05, 0) is 29.5 Å². The molecule has 0 spiro atoms. The number of fused-ring (bicyclic) bond motifs is 1. The lowest BCUT2D eigenvalue weighted by molar-refractivity contribution is -0.124. The minimum Gasteiger partial charge on any atom is -0.375 e. The first kappa shape index (κ1) is 15.1. The maximum absolute atomic E-state index is 11.7. The van der Waals surface area contributed by atoms with Gasteiger partial charge in [-0.1, -0.05) is 24.3 Å². The quantitative estimate of drug-likeness (QED) is 0.891. The van der Waals surface area contributed by atoms with Crippen LogP contribution < -0.4 is 10.2 Å². The summed E-state index contributed by atoms with van der Waals surface area (Å²) >= 11 is 1.73. The van der Waals surface area contributed by atoms with Crippen LogP contribution in [0.3, 0.4) is 0 Å². The lowest BCUT2D eigenvalue weighted by Crippen LogP contribution is -2.38. The largest absolute Gasteiger partial charge is 0.375 e. The summed E-state index contributed by atoms with van der Waals surface area (Å²) in [7, 11) is 1.53. The van der Waals surface area contributed by atoms with Crippen LogP contribution in [0, 0.1) is 0 Å². The van der Waals surface area contributed by atoms with Gasteiger partial charge in [0.1, 0.15) is 6.61 Å². The fourth-order valence-corrected chi connectivity index (χ4v) is 3.76. The summed E-state index contributed by atoms with van der Waals surface area (Å²) in [5.41, 5.74) is 2.66. The number of amides is 1. The molecule has 0 saturated carbocycles. The first-order chi connectivity index (χ1) is 10.8. The number of methoxy groups -OCH3 is 1. The normalized spacial score (nSPS) is 14.7. The Bertz CT molecular complexity index is 627. The van der Waals surface area contributed by atoms with Crippen LogP contribution in [0.4, 0.5) is 5.69 Å². The summed E-state index contributed by atoms with van der Waals surface area (Å²) in [4.78, 5) is 15.4. The lowest BCUT2D eigenvalue weighted by Gasteiger charge is -2.30. The fourth-order valence-electron chi connectivity index (χ4n) is 2.93. The second-order valence-corrected chi connectivity index (χ2v) is 6.32.